The van der Waals surface area contributed by atoms with E-state index in [0.717, 1.165) is 36.0 Å². The predicted molar refractivity (Wildman–Crippen MR) is 93.9 cm³/mol. The first-order chi connectivity index (χ1) is 10.7. The highest BCUT2D eigenvalue weighted by Gasteiger charge is 2.27. The van der Waals surface area contributed by atoms with Crippen molar-refractivity contribution in [3.63, 3.8) is 0 Å². The molecule has 3 N–H and O–H groups in total. The molecule has 0 bridgehead atoms. The highest BCUT2D eigenvalue weighted by Crippen LogP contribution is 2.32. The molecule has 2 aliphatic carbocycles. The van der Waals surface area contributed by atoms with Gasteiger partial charge in [-0.25, -0.2) is 0 Å². The van der Waals surface area contributed by atoms with Crippen LogP contribution in [0.2, 0.25) is 0 Å². The van der Waals surface area contributed by atoms with Crippen LogP contribution in [-0.2, 0) is 10.5 Å². The molecular weight excluding hydrogens is 292 g/mol. The SMILES string of the molecule is NC1CCC(C(=O)Nc2cccc(CSC3CCCC3)c2)C1. The Balaban J connectivity index is 1.53. The Morgan fingerprint density at radius 1 is 1.23 bits per heavy atom. The highest BCUT2D eigenvalue weighted by atomic mass is 32.2. The summed E-state index contributed by atoms with van der Waals surface area (Å²) in [4.78, 5) is 12.3. The zero-order chi connectivity index (χ0) is 15.4. The van der Waals surface area contributed by atoms with Gasteiger partial charge < -0.3 is 11.1 Å². The molecule has 0 saturated heterocycles. The van der Waals surface area contributed by atoms with Gasteiger partial charge in [0, 0.05) is 28.6 Å². The molecule has 120 valence electrons. The van der Waals surface area contributed by atoms with Crippen LogP contribution >= 0.6 is 11.8 Å². The first-order valence-corrected chi connectivity index (χ1v) is 9.52. The average Bonchev–Trinajstić information content (AvgIpc) is 3.17. The Morgan fingerprint density at radius 2 is 2.05 bits per heavy atom. The fraction of sp³-hybridized carbons (Fsp3) is 0.611. The lowest BCUT2D eigenvalue weighted by Crippen LogP contribution is -2.23. The van der Waals surface area contributed by atoms with Gasteiger partial charge in [-0.3, -0.25) is 4.79 Å². The standard InChI is InChI=1S/C18H26N2OS/c19-15-9-8-14(11-15)18(21)20-16-5-3-4-13(10-16)12-22-17-6-1-2-7-17/h3-5,10,14-15,17H,1-2,6-9,11-12,19H2,(H,20,21). The second kappa shape index (κ2) is 7.51. The minimum atomic E-state index is 0.0894. The number of carbonyl (C=O) groups is 1. The largest absolute Gasteiger partial charge is 0.328 e. The second-order valence-corrected chi connectivity index (χ2v) is 7.97. The van der Waals surface area contributed by atoms with Crippen LogP contribution in [0.25, 0.3) is 0 Å². The summed E-state index contributed by atoms with van der Waals surface area (Å²) in [5.41, 5.74) is 8.13. The van der Waals surface area contributed by atoms with Gasteiger partial charge in [0.2, 0.25) is 5.91 Å². The summed E-state index contributed by atoms with van der Waals surface area (Å²) in [7, 11) is 0. The minimum Gasteiger partial charge on any atom is -0.328 e. The molecule has 0 heterocycles. The Labute approximate surface area is 137 Å². The molecule has 0 spiro atoms. The summed E-state index contributed by atoms with van der Waals surface area (Å²) < 4.78 is 0. The fourth-order valence-corrected chi connectivity index (χ4v) is 4.78. The van der Waals surface area contributed by atoms with E-state index in [9.17, 15) is 4.79 Å². The molecule has 2 saturated carbocycles. The minimum absolute atomic E-state index is 0.0894. The van der Waals surface area contributed by atoms with Gasteiger partial charge >= 0.3 is 0 Å². The van der Waals surface area contributed by atoms with Crippen molar-refractivity contribution in [1.82, 2.24) is 0 Å². The molecule has 2 fully saturated rings. The number of anilines is 1. The molecule has 2 atom stereocenters. The lowest BCUT2D eigenvalue weighted by molar-refractivity contribution is -0.119. The third-order valence-corrected chi connectivity index (χ3v) is 6.27. The average molecular weight is 318 g/mol. The number of carbonyl (C=O) groups excluding carboxylic acids is 1. The van der Waals surface area contributed by atoms with Gasteiger partial charge in [0.1, 0.15) is 0 Å². The van der Waals surface area contributed by atoms with Gasteiger partial charge in [-0.05, 0) is 49.8 Å². The number of hydrogen-bond acceptors (Lipinski definition) is 3. The quantitative estimate of drug-likeness (QED) is 0.865. The van der Waals surface area contributed by atoms with Crippen molar-refractivity contribution in [3.05, 3.63) is 29.8 Å². The molecule has 3 nitrogen and oxygen atoms in total. The van der Waals surface area contributed by atoms with Gasteiger partial charge in [0.15, 0.2) is 0 Å². The van der Waals surface area contributed by atoms with Crippen LogP contribution in [0.4, 0.5) is 5.69 Å². The van der Waals surface area contributed by atoms with E-state index >= 15 is 0 Å². The van der Waals surface area contributed by atoms with Crippen molar-refractivity contribution >= 4 is 23.4 Å². The fourth-order valence-electron chi connectivity index (χ4n) is 3.51. The Morgan fingerprint density at radius 3 is 2.77 bits per heavy atom. The van der Waals surface area contributed by atoms with Gasteiger partial charge in [0.25, 0.3) is 0 Å². The van der Waals surface area contributed by atoms with E-state index in [4.69, 9.17) is 5.73 Å². The second-order valence-electron chi connectivity index (χ2n) is 6.68. The number of thioether (sulfide) groups is 1. The molecule has 3 rings (SSSR count). The molecular formula is C18H26N2OS. The van der Waals surface area contributed by atoms with Crippen molar-refractivity contribution < 1.29 is 4.79 Å². The molecule has 1 aromatic rings. The van der Waals surface area contributed by atoms with Crippen molar-refractivity contribution in [2.24, 2.45) is 11.7 Å². The number of benzene rings is 1. The van der Waals surface area contributed by atoms with Crippen LogP contribution in [0, 0.1) is 5.92 Å². The zero-order valence-corrected chi connectivity index (χ0v) is 13.9. The molecule has 0 aliphatic heterocycles. The molecule has 1 aromatic carbocycles. The van der Waals surface area contributed by atoms with Crippen LogP contribution in [0.1, 0.15) is 50.5 Å². The molecule has 4 heteroatoms. The summed E-state index contributed by atoms with van der Waals surface area (Å²) >= 11 is 2.06. The van der Waals surface area contributed by atoms with Crippen molar-refractivity contribution in [2.75, 3.05) is 5.32 Å². The van der Waals surface area contributed by atoms with E-state index in [1.807, 2.05) is 12.1 Å². The van der Waals surface area contributed by atoms with Gasteiger partial charge in [-0.2, -0.15) is 11.8 Å². The summed E-state index contributed by atoms with van der Waals surface area (Å²) in [5.74, 6) is 1.27. The van der Waals surface area contributed by atoms with Crippen molar-refractivity contribution in [1.29, 1.82) is 0 Å². The van der Waals surface area contributed by atoms with Crippen molar-refractivity contribution in [2.45, 2.75) is 62.0 Å². The topological polar surface area (TPSA) is 55.1 Å². The van der Waals surface area contributed by atoms with Crippen LogP contribution in [0.3, 0.4) is 0 Å². The van der Waals surface area contributed by atoms with Gasteiger partial charge in [-0.15, -0.1) is 0 Å². The monoisotopic (exact) mass is 318 g/mol. The maximum absolute atomic E-state index is 12.3. The van der Waals surface area contributed by atoms with Gasteiger partial charge in [-0.1, -0.05) is 25.0 Å². The first-order valence-electron chi connectivity index (χ1n) is 8.47. The number of nitrogens with two attached hydrogens (primary N) is 1. The highest BCUT2D eigenvalue weighted by molar-refractivity contribution is 7.99. The van der Waals surface area contributed by atoms with Crippen LogP contribution in [0.5, 0.6) is 0 Å². The molecule has 22 heavy (non-hydrogen) atoms. The molecule has 2 unspecified atom stereocenters. The number of rotatable bonds is 5. The summed E-state index contributed by atoms with van der Waals surface area (Å²) in [6, 6.07) is 8.50. The number of nitrogens with one attached hydrogen (secondary N) is 1. The van der Waals surface area contributed by atoms with E-state index < -0.39 is 0 Å². The molecule has 0 radical (unpaired) electrons. The summed E-state index contributed by atoms with van der Waals surface area (Å²) in [6.45, 7) is 0. The van der Waals surface area contributed by atoms with E-state index in [2.05, 4.69) is 29.2 Å². The van der Waals surface area contributed by atoms with Crippen LogP contribution in [-0.4, -0.2) is 17.2 Å². The Hall–Kier alpha value is -1.00. The van der Waals surface area contributed by atoms with E-state index in [1.165, 1.54) is 31.2 Å². The van der Waals surface area contributed by atoms with E-state index in [0.29, 0.717) is 0 Å². The lowest BCUT2D eigenvalue weighted by Gasteiger charge is -2.13. The smallest absolute Gasteiger partial charge is 0.227 e. The van der Waals surface area contributed by atoms with E-state index in [-0.39, 0.29) is 17.9 Å². The predicted octanol–water partition coefficient (Wildman–Crippen LogP) is 3.93. The molecule has 1 amide bonds. The van der Waals surface area contributed by atoms with Crippen LogP contribution < -0.4 is 11.1 Å². The third-order valence-electron chi connectivity index (χ3n) is 4.83. The molecule has 0 aromatic heterocycles. The zero-order valence-electron chi connectivity index (χ0n) is 13.1. The Bertz CT molecular complexity index is 514. The number of amides is 1. The number of hydrogen-bond donors (Lipinski definition) is 2. The maximum atomic E-state index is 12.3. The maximum Gasteiger partial charge on any atom is 0.227 e. The molecule has 2 aliphatic rings. The summed E-state index contributed by atoms with van der Waals surface area (Å²) in [5, 5.41) is 3.90. The Kier molecular flexibility index (Phi) is 5.42. The van der Waals surface area contributed by atoms with E-state index in [1.54, 1.807) is 0 Å². The normalized spacial score (nSPS) is 25.5. The van der Waals surface area contributed by atoms with Gasteiger partial charge in [0.05, 0.1) is 0 Å². The van der Waals surface area contributed by atoms with Crippen molar-refractivity contribution in [3.8, 4) is 0 Å². The first kappa shape index (κ1) is 15.9. The van der Waals surface area contributed by atoms with Crippen LogP contribution in [0.15, 0.2) is 24.3 Å². The summed E-state index contributed by atoms with van der Waals surface area (Å²) in [6.07, 6.45) is 8.21. The third kappa shape index (κ3) is 4.26. The lowest BCUT2D eigenvalue weighted by atomic mass is 10.1.